The zero-order chi connectivity index (χ0) is 13.7. The van der Waals surface area contributed by atoms with Crippen molar-refractivity contribution in [2.45, 2.75) is 18.6 Å². The molecule has 1 saturated heterocycles. The van der Waals surface area contributed by atoms with E-state index in [1.165, 1.54) is 13.4 Å². The van der Waals surface area contributed by atoms with Gasteiger partial charge in [0, 0.05) is 26.7 Å². The van der Waals surface area contributed by atoms with E-state index in [1.807, 2.05) is 0 Å². The van der Waals surface area contributed by atoms with Gasteiger partial charge in [0.1, 0.15) is 17.6 Å². The van der Waals surface area contributed by atoms with E-state index in [-0.39, 0.29) is 5.60 Å². The lowest BCUT2D eigenvalue weighted by Crippen LogP contribution is -2.42. The van der Waals surface area contributed by atoms with Crippen molar-refractivity contribution in [2.24, 2.45) is 0 Å². The summed E-state index contributed by atoms with van der Waals surface area (Å²) in [6.07, 6.45) is 2.27. The zero-order valence-electron chi connectivity index (χ0n) is 11.2. The Morgan fingerprint density at radius 3 is 3.00 bits per heavy atom. The summed E-state index contributed by atoms with van der Waals surface area (Å²) in [5, 5.41) is 3.25. The van der Waals surface area contributed by atoms with Gasteiger partial charge < -0.3 is 23.9 Å². The number of rotatable bonds is 6. The van der Waals surface area contributed by atoms with Crippen LogP contribution < -0.4 is 5.32 Å². The molecule has 1 fully saturated rings. The molecule has 0 spiro atoms. The van der Waals surface area contributed by atoms with E-state index < -0.39 is 5.97 Å². The number of furan rings is 1. The minimum absolute atomic E-state index is 0.252. The minimum Gasteiger partial charge on any atom is -0.467 e. The van der Waals surface area contributed by atoms with E-state index in [1.54, 1.807) is 13.2 Å². The third-order valence-electron chi connectivity index (χ3n) is 3.32. The van der Waals surface area contributed by atoms with Crippen LogP contribution in [0.4, 0.5) is 0 Å². The molecule has 0 bridgehead atoms. The standard InChI is InChI=1S/C13H19NO5/c1-16-12(15)10-5-11(19-7-10)6-14-8-13(17-2)3-4-18-9-13/h5,7,14H,3-4,6,8-9H2,1-2H3. The molecule has 1 aliphatic rings. The Kier molecular flexibility index (Phi) is 4.57. The number of esters is 1. The van der Waals surface area contributed by atoms with E-state index in [0.717, 1.165) is 13.0 Å². The van der Waals surface area contributed by atoms with Crippen LogP contribution in [0.3, 0.4) is 0 Å². The molecule has 0 radical (unpaired) electrons. The predicted octanol–water partition coefficient (Wildman–Crippen LogP) is 0.961. The van der Waals surface area contributed by atoms with Gasteiger partial charge >= 0.3 is 5.97 Å². The Morgan fingerprint density at radius 1 is 1.53 bits per heavy atom. The molecule has 1 aliphatic heterocycles. The topological polar surface area (TPSA) is 69.9 Å². The largest absolute Gasteiger partial charge is 0.467 e. The highest BCUT2D eigenvalue weighted by atomic mass is 16.5. The van der Waals surface area contributed by atoms with Crippen LogP contribution in [0.15, 0.2) is 16.7 Å². The van der Waals surface area contributed by atoms with Crippen LogP contribution in [0.2, 0.25) is 0 Å². The van der Waals surface area contributed by atoms with Gasteiger partial charge in [-0.15, -0.1) is 0 Å². The molecule has 2 rings (SSSR count). The van der Waals surface area contributed by atoms with E-state index in [0.29, 0.717) is 31.0 Å². The number of carbonyl (C=O) groups excluding carboxylic acids is 1. The van der Waals surface area contributed by atoms with Crippen LogP contribution in [0.5, 0.6) is 0 Å². The van der Waals surface area contributed by atoms with Gasteiger partial charge in [0.2, 0.25) is 0 Å². The lowest BCUT2D eigenvalue weighted by atomic mass is 10.0. The third kappa shape index (κ3) is 3.34. The van der Waals surface area contributed by atoms with Gasteiger partial charge in [0.15, 0.2) is 0 Å². The van der Waals surface area contributed by atoms with Crippen molar-refractivity contribution in [2.75, 3.05) is 34.0 Å². The molecule has 1 unspecified atom stereocenters. The average molecular weight is 269 g/mol. The normalized spacial score (nSPS) is 22.6. The van der Waals surface area contributed by atoms with Gasteiger partial charge in [-0.25, -0.2) is 4.79 Å². The quantitative estimate of drug-likeness (QED) is 0.776. The van der Waals surface area contributed by atoms with Crippen molar-refractivity contribution < 1.29 is 23.4 Å². The van der Waals surface area contributed by atoms with Crippen molar-refractivity contribution in [1.82, 2.24) is 5.32 Å². The molecule has 0 aliphatic carbocycles. The molecular weight excluding hydrogens is 250 g/mol. The molecule has 106 valence electrons. The highest BCUT2D eigenvalue weighted by molar-refractivity contribution is 5.88. The van der Waals surface area contributed by atoms with E-state index in [9.17, 15) is 4.79 Å². The number of carbonyl (C=O) groups is 1. The first-order valence-electron chi connectivity index (χ1n) is 6.18. The Hall–Kier alpha value is -1.37. The van der Waals surface area contributed by atoms with Crippen LogP contribution in [0, 0.1) is 0 Å². The first-order chi connectivity index (χ1) is 9.19. The smallest absolute Gasteiger partial charge is 0.341 e. The van der Waals surface area contributed by atoms with Gasteiger partial charge in [-0.3, -0.25) is 0 Å². The van der Waals surface area contributed by atoms with E-state index in [2.05, 4.69) is 10.1 Å². The molecule has 1 atom stereocenters. The number of ether oxygens (including phenoxy) is 3. The third-order valence-corrected chi connectivity index (χ3v) is 3.32. The number of hydrogen-bond acceptors (Lipinski definition) is 6. The maximum absolute atomic E-state index is 11.3. The molecule has 19 heavy (non-hydrogen) atoms. The molecule has 0 saturated carbocycles. The van der Waals surface area contributed by atoms with Crippen molar-refractivity contribution >= 4 is 5.97 Å². The summed E-state index contributed by atoms with van der Waals surface area (Å²) in [4.78, 5) is 11.3. The summed E-state index contributed by atoms with van der Waals surface area (Å²) in [5.74, 6) is 0.290. The zero-order valence-corrected chi connectivity index (χ0v) is 11.2. The molecule has 6 nitrogen and oxygen atoms in total. The molecule has 2 heterocycles. The predicted molar refractivity (Wildman–Crippen MR) is 66.9 cm³/mol. The van der Waals surface area contributed by atoms with Gasteiger partial charge in [0.25, 0.3) is 0 Å². The van der Waals surface area contributed by atoms with Gasteiger partial charge in [-0.05, 0) is 6.07 Å². The molecular formula is C13H19NO5. The van der Waals surface area contributed by atoms with E-state index >= 15 is 0 Å². The maximum atomic E-state index is 11.3. The lowest BCUT2D eigenvalue weighted by Gasteiger charge is -2.25. The minimum atomic E-state index is -0.396. The monoisotopic (exact) mass is 269 g/mol. The van der Waals surface area contributed by atoms with Crippen molar-refractivity contribution in [3.8, 4) is 0 Å². The summed E-state index contributed by atoms with van der Waals surface area (Å²) >= 11 is 0. The summed E-state index contributed by atoms with van der Waals surface area (Å²) in [5.41, 5.74) is 0.169. The second-order valence-corrected chi connectivity index (χ2v) is 4.59. The van der Waals surface area contributed by atoms with Gasteiger partial charge in [-0.2, -0.15) is 0 Å². The van der Waals surface area contributed by atoms with Crippen LogP contribution in [-0.2, 0) is 20.8 Å². The molecule has 1 aromatic heterocycles. The molecule has 0 amide bonds. The highest BCUT2D eigenvalue weighted by Crippen LogP contribution is 2.21. The average Bonchev–Trinajstić information content (AvgIpc) is 3.08. The fourth-order valence-corrected chi connectivity index (χ4v) is 2.07. The summed E-state index contributed by atoms with van der Waals surface area (Å²) in [6.45, 7) is 2.53. The molecule has 0 aromatic carbocycles. The van der Waals surface area contributed by atoms with Gasteiger partial charge in [0.05, 0.1) is 25.8 Å². The second kappa shape index (κ2) is 6.18. The number of methoxy groups -OCH3 is 2. The number of nitrogens with one attached hydrogen (secondary N) is 1. The Morgan fingerprint density at radius 2 is 2.37 bits per heavy atom. The van der Waals surface area contributed by atoms with Crippen LogP contribution in [-0.4, -0.2) is 45.5 Å². The van der Waals surface area contributed by atoms with Crippen LogP contribution in [0.1, 0.15) is 22.5 Å². The Labute approximate surface area is 112 Å². The molecule has 1 N–H and O–H groups in total. The molecule has 1 aromatic rings. The first kappa shape index (κ1) is 14.0. The fraction of sp³-hybridized carbons (Fsp3) is 0.615. The SMILES string of the molecule is COC(=O)c1coc(CNCC2(OC)CCOC2)c1. The van der Waals surface area contributed by atoms with Crippen molar-refractivity contribution in [3.05, 3.63) is 23.7 Å². The van der Waals surface area contributed by atoms with Crippen molar-refractivity contribution in [3.63, 3.8) is 0 Å². The van der Waals surface area contributed by atoms with Crippen LogP contribution in [0.25, 0.3) is 0 Å². The van der Waals surface area contributed by atoms with Crippen molar-refractivity contribution in [1.29, 1.82) is 0 Å². The lowest BCUT2D eigenvalue weighted by molar-refractivity contribution is -0.0161. The maximum Gasteiger partial charge on any atom is 0.341 e. The van der Waals surface area contributed by atoms with Gasteiger partial charge in [-0.1, -0.05) is 0 Å². The summed E-state index contributed by atoms with van der Waals surface area (Å²) in [6, 6.07) is 1.67. The Bertz CT molecular complexity index is 422. The van der Waals surface area contributed by atoms with Crippen LogP contribution >= 0.6 is 0 Å². The highest BCUT2D eigenvalue weighted by Gasteiger charge is 2.34. The summed E-state index contributed by atoms with van der Waals surface area (Å²) < 4.78 is 20.8. The molecule has 6 heteroatoms. The fourth-order valence-electron chi connectivity index (χ4n) is 2.07. The Balaban J connectivity index is 1.82. The van der Waals surface area contributed by atoms with E-state index in [4.69, 9.17) is 13.9 Å². The first-order valence-corrected chi connectivity index (χ1v) is 6.18. The number of hydrogen-bond donors (Lipinski definition) is 1. The summed E-state index contributed by atoms with van der Waals surface area (Å²) in [7, 11) is 3.04. The second-order valence-electron chi connectivity index (χ2n) is 4.59.